The number of imide groups is 1. The number of rotatable bonds is 4. The van der Waals surface area contributed by atoms with Gasteiger partial charge in [-0.3, -0.25) is 9.69 Å². The maximum absolute atomic E-state index is 13.3. The first kappa shape index (κ1) is 21.0. The molecule has 0 bridgehead atoms. The van der Waals surface area contributed by atoms with Gasteiger partial charge in [0.1, 0.15) is 17.4 Å². The first-order valence-corrected chi connectivity index (χ1v) is 11.6. The van der Waals surface area contributed by atoms with E-state index in [0.717, 1.165) is 38.1 Å². The summed E-state index contributed by atoms with van der Waals surface area (Å²) in [5.74, 6) is 0.839. The van der Waals surface area contributed by atoms with Gasteiger partial charge in [-0.25, -0.2) is 9.69 Å². The summed E-state index contributed by atoms with van der Waals surface area (Å²) in [4.78, 5) is 29.7. The van der Waals surface area contributed by atoms with Crippen molar-refractivity contribution in [1.29, 1.82) is 0 Å². The van der Waals surface area contributed by atoms with Gasteiger partial charge in [0.05, 0.1) is 6.67 Å². The molecule has 3 amide bonds. The standard InChI is InChI=1S/C26H31N3O3/c1-18-7-8-23(15-19(18)2)32-22-10-13-28(14-11-22)17-29-24(30)26(27-25(29)31)12-9-20-5-3-4-6-21(20)16-26/h3-8,15,22H,9-14,16-17H2,1-2H3,(H,27,31). The van der Waals surface area contributed by atoms with Crippen LogP contribution in [0.5, 0.6) is 5.75 Å². The quantitative estimate of drug-likeness (QED) is 0.749. The number of carbonyl (C=O) groups is 2. The number of benzene rings is 2. The van der Waals surface area contributed by atoms with E-state index in [-0.39, 0.29) is 18.0 Å². The van der Waals surface area contributed by atoms with Crippen molar-refractivity contribution in [3.05, 3.63) is 64.7 Å². The molecule has 2 aromatic rings. The van der Waals surface area contributed by atoms with Gasteiger partial charge in [-0.05, 0) is 73.9 Å². The van der Waals surface area contributed by atoms with Crippen LogP contribution in [0, 0.1) is 13.8 Å². The Morgan fingerprint density at radius 2 is 1.78 bits per heavy atom. The van der Waals surface area contributed by atoms with E-state index in [2.05, 4.69) is 48.3 Å². The van der Waals surface area contributed by atoms with E-state index in [0.29, 0.717) is 19.5 Å². The maximum Gasteiger partial charge on any atom is 0.326 e. The molecule has 3 aliphatic rings. The fraction of sp³-hybridized carbons (Fsp3) is 0.462. The van der Waals surface area contributed by atoms with E-state index in [1.54, 1.807) is 0 Å². The van der Waals surface area contributed by atoms with E-state index in [1.165, 1.54) is 27.2 Å². The molecular formula is C26H31N3O3. The van der Waals surface area contributed by atoms with Gasteiger partial charge in [0.25, 0.3) is 5.91 Å². The van der Waals surface area contributed by atoms with Crippen LogP contribution in [0.1, 0.15) is 41.5 Å². The number of piperidine rings is 1. The molecule has 0 radical (unpaired) electrons. The van der Waals surface area contributed by atoms with Crippen molar-refractivity contribution in [1.82, 2.24) is 15.1 Å². The number of carbonyl (C=O) groups excluding carboxylic acids is 2. The van der Waals surface area contributed by atoms with E-state index in [9.17, 15) is 9.59 Å². The van der Waals surface area contributed by atoms with Crippen LogP contribution in [0.25, 0.3) is 0 Å². The fourth-order valence-corrected chi connectivity index (χ4v) is 5.18. The molecule has 1 unspecified atom stereocenters. The molecule has 32 heavy (non-hydrogen) atoms. The molecular weight excluding hydrogens is 402 g/mol. The van der Waals surface area contributed by atoms with Crippen LogP contribution in [0.3, 0.4) is 0 Å². The number of nitrogens with zero attached hydrogens (tertiary/aromatic N) is 2. The number of nitrogens with one attached hydrogen (secondary N) is 1. The number of hydrogen-bond acceptors (Lipinski definition) is 4. The lowest BCUT2D eigenvalue weighted by atomic mass is 9.78. The van der Waals surface area contributed by atoms with Crippen LogP contribution in [-0.2, 0) is 17.6 Å². The summed E-state index contributed by atoms with van der Waals surface area (Å²) in [5, 5.41) is 3.04. The van der Waals surface area contributed by atoms with E-state index in [1.807, 2.05) is 18.2 Å². The number of hydrogen-bond donors (Lipinski definition) is 1. The summed E-state index contributed by atoms with van der Waals surface area (Å²) in [6, 6.07) is 14.2. The Balaban J connectivity index is 1.18. The average molecular weight is 434 g/mol. The Hall–Kier alpha value is -2.86. The highest BCUT2D eigenvalue weighted by molar-refractivity contribution is 6.07. The summed E-state index contributed by atoms with van der Waals surface area (Å²) in [6.45, 7) is 6.17. The minimum Gasteiger partial charge on any atom is -0.490 e. The number of amides is 3. The predicted molar refractivity (Wildman–Crippen MR) is 123 cm³/mol. The van der Waals surface area contributed by atoms with Crippen molar-refractivity contribution in [2.45, 2.75) is 57.6 Å². The van der Waals surface area contributed by atoms with Crippen molar-refractivity contribution in [2.75, 3.05) is 19.8 Å². The average Bonchev–Trinajstić information content (AvgIpc) is 3.01. The van der Waals surface area contributed by atoms with Gasteiger partial charge in [-0.1, -0.05) is 30.3 Å². The smallest absolute Gasteiger partial charge is 0.326 e. The second-order valence-electron chi connectivity index (χ2n) is 9.51. The lowest BCUT2D eigenvalue weighted by Crippen LogP contribution is -2.52. The van der Waals surface area contributed by atoms with Crippen LogP contribution < -0.4 is 10.1 Å². The van der Waals surface area contributed by atoms with Crippen molar-refractivity contribution in [3.63, 3.8) is 0 Å². The monoisotopic (exact) mass is 433 g/mol. The normalized spacial score (nSPS) is 24.0. The second kappa shape index (κ2) is 8.24. The molecule has 2 aromatic carbocycles. The highest BCUT2D eigenvalue weighted by atomic mass is 16.5. The van der Waals surface area contributed by atoms with Gasteiger partial charge in [-0.2, -0.15) is 0 Å². The lowest BCUT2D eigenvalue weighted by molar-refractivity contribution is -0.133. The molecule has 2 fully saturated rings. The van der Waals surface area contributed by atoms with Crippen LogP contribution in [0.4, 0.5) is 4.79 Å². The van der Waals surface area contributed by atoms with E-state index < -0.39 is 5.54 Å². The highest BCUT2D eigenvalue weighted by Crippen LogP contribution is 2.34. The largest absolute Gasteiger partial charge is 0.490 e. The topological polar surface area (TPSA) is 61.9 Å². The molecule has 1 atom stereocenters. The van der Waals surface area contributed by atoms with E-state index >= 15 is 0 Å². The Morgan fingerprint density at radius 3 is 2.53 bits per heavy atom. The molecule has 0 saturated carbocycles. The predicted octanol–water partition coefficient (Wildman–Crippen LogP) is 3.58. The van der Waals surface area contributed by atoms with Crippen LogP contribution >= 0.6 is 0 Å². The number of likely N-dealkylation sites (tertiary alicyclic amines) is 1. The number of urea groups is 1. The molecule has 0 aromatic heterocycles. The summed E-state index contributed by atoms with van der Waals surface area (Å²) >= 11 is 0. The minimum absolute atomic E-state index is 0.0782. The second-order valence-corrected chi connectivity index (χ2v) is 9.51. The van der Waals surface area contributed by atoms with Gasteiger partial charge in [0.2, 0.25) is 0 Å². The molecule has 1 spiro atoms. The third-order valence-corrected chi connectivity index (χ3v) is 7.33. The lowest BCUT2D eigenvalue weighted by Gasteiger charge is -2.35. The van der Waals surface area contributed by atoms with Gasteiger partial charge in [0, 0.05) is 19.5 Å². The first-order valence-electron chi connectivity index (χ1n) is 11.6. The molecule has 168 valence electrons. The molecule has 6 nitrogen and oxygen atoms in total. The Labute approximate surface area is 189 Å². The maximum atomic E-state index is 13.3. The number of aryl methyl sites for hydroxylation is 3. The molecule has 1 N–H and O–H groups in total. The fourth-order valence-electron chi connectivity index (χ4n) is 5.18. The van der Waals surface area contributed by atoms with E-state index in [4.69, 9.17) is 4.74 Å². The van der Waals surface area contributed by atoms with Crippen LogP contribution in [0.15, 0.2) is 42.5 Å². The van der Waals surface area contributed by atoms with Gasteiger partial charge >= 0.3 is 6.03 Å². The Bertz CT molecular complexity index is 1040. The minimum atomic E-state index is -0.782. The zero-order valence-corrected chi connectivity index (χ0v) is 18.9. The summed E-state index contributed by atoms with van der Waals surface area (Å²) in [6.07, 6.45) is 3.99. The molecule has 2 aliphatic heterocycles. The van der Waals surface area contributed by atoms with Crippen molar-refractivity contribution in [2.24, 2.45) is 0 Å². The van der Waals surface area contributed by atoms with Crippen LogP contribution in [-0.4, -0.2) is 53.1 Å². The third-order valence-electron chi connectivity index (χ3n) is 7.33. The summed E-state index contributed by atoms with van der Waals surface area (Å²) in [5.41, 5.74) is 4.16. The molecule has 5 rings (SSSR count). The number of ether oxygens (including phenoxy) is 1. The third kappa shape index (κ3) is 3.88. The first-order chi connectivity index (χ1) is 15.4. The van der Waals surface area contributed by atoms with Crippen molar-refractivity contribution < 1.29 is 14.3 Å². The zero-order valence-electron chi connectivity index (χ0n) is 18.9. The van der Waals surface area contributed by atoms with Gasteiger partial charge in [0.15, 0.2) is 0 Å². The zero-order chi connectivity index (χ0) is 22.3. The molecule has 6 heteroatoms. The highest BCUT2D eigenvalue weighted by Gasteiger charge is 2.52. The van der Waals surface area contributed by atoms with Crippen molar-refractivity contribution >= 4 is 11.9 Å². The Morgan fingerprint density at radius 1 is 1.03 bits per heavy atom. The molecule has 1 aliphatic carbocycles. The molecule has 2 heterocycles. The van der Waals surface area contributed by atoms with Crippen molar-refractivity contribution in [3.8, 4) is 5.75 Å². The summed E-state index contributed by atoms with van der Waals surface area (Å²) < 4.78 is 6.19. The number of fused-ring (bicyclic) bond motifs is 1. The SMILES string of the molecule is Cc1ccc(OC2CCN(CN3C(=O)NC4(CCc5ccccc5C4)C3=O)CC2)cc1C. The van der Waals surface area contributed by atoms with Crippen LogP contribution in [0.2, 0.25) is 0 Å². The summed E-state index contributed by atoms with van der Waals surface area (Å²) in [7, 11) is 0. The van der Waals surface area contributed by atoms with Gasteiger partial charge < -0.3 is 10.1 Å². The Kier molecular flexibility index (Phi) is 5.41. The molecule has 2 saturated heterocycles. The van der Waals surface area contributed by atoms with Gasteiger partial charge in [-0.15, -0.1) is 0 Å².